The summed E-state index contributed by atoms with van der Waals surface area (Å²) in [4.78, 5) is 27.5. The molecular formula is C13H11IN2O3. The number of rotatable bonds is 4. The molecule has 0 aliphatic carbocycles. The number of imidazole rings is 1. The number of carbonyl (C=O) groups excluding carboxylic acids is 2. The SMILES string of the molecule is COC(=O)c1cncn1CC(=O)c1cccc(I)c1. The van der Waals surface area contributed by atoms with Crippen LogP contribution in [-0.2, 0) is 11.3 Å². The number of Topliss-reactive ketones (excluding diaryl/α,β-unsaturated/α-hetero) is 1. The molecule has 5 nitrogen and oxygen atoms in total. The van der Waals surface area contributed by atoms with Crippen LogP contribution >= 0.6 is 22.6 Å². The zero-order valence-corrected chi connectivity index (χ0v) is 12.3. The number of benzene rings is 1. The summed E-state index contributed by atoms with van der Waals surface area (Å²) < 4.78 is 7.10. The van der Waals surface area contributed by atoms with Crippen molar-refractivity contribution >= 4 is 34.3 Å². The highest BCUT2D eigenvalue weighted by Crippen LogP contribution is 2.10. The lowest BCUT2D eigenvalue weighted by Crippen LogP contribution is -2.15. The first-order chi connectivity index (χ1) is 9.11. The van der Waals surface area contributed by atoms with Gasteiger partial charge in [0.25, 0.3) is 0 Å². The molecule has 19 heavy (non-hydrogen) atoms. The molecule has 0 bridgehead atoms. The number of nitrogens with zero attached hydrogens (tertiary/aromatic N) is 2. The van der Waals surface area contributed by atoms with Crippen molar-refractivity contribution in [2.24, 2.45) is 0 Å². The molecule has 0 saturated carbocycles. The molecule has 98 valence electrons. The molecule has 0 aliphatic rings. The fourth-order valence-corrected chi connectivity index (χ4v) is 2.17. The van der Waals surface area contributed by atoms with Crippen LogP contribution < -0.4 is 0 Å². The lowest BCUT2D eigenvalue weighted by atomic mass is 10.1. The van der Waals surface area contributed by atoms with Crippen LogP contribution in [0, 0.1) is 3.57 Å². The summed E-state index contributed by atoms with van der Waals surface area (Å²) in [6.07, 6.45) is 2.83. The fraction of sp³-hybridized carbons (Fsp3) is 0.154. The molecule has 1 heterocycles. The number of ketones is 1. The molecule has 0 N–H and O–H groups in total. The van der Waals surface area contributed by atoms with Crippen LogP contribution in [0.25, 0.3) is 0 Å². The van der Waals surface area contributed by atoms with E-state index >= 15 is 0 Å². The van der Waals surface area contributed by atoms with Gasteiger partial charge in [-0.05, 0) is 34.7 Å². The van der Waals surface area contributed by atoms with E-state index in [2.05, 4.69) is 32.3 Å². The number of halogens is 1. The quantitative estimate of drug-likeness (QED) is 0.470. The first kappa shape index (κ1) is 13.7. The average Bonchev–Trinajstić information content (AvgIpc) is 2.86. The van der Waals surface area contributed by atoms with Gasteiger partial charge in [-0.3, -0.25) is 4.79 Å². The summed E-state index contributed by atoms with van der Waals surface area (Å²) in [6.45, 7) is 0.0600. The van der Waals surface area contributed by atoms with Gasteiger partial charge >= 0.3 is 5.97 Å². The first-order valence-corrected chi connectivity index (χ1v) is 6.57. The van der Waals surface area contributed by atoms with Gasteiger partial charge < -0.3 is 9.30 Å². The van der Waals surface area contributed by atoms with Crippen LogP contribution in [0.1, 0.15) is 20.8 Å². The number of esters is 1. The predicted molar refractivity (Wildman–Crippen MR) is 77.1 cm³/mol. The molecule has 0 amide bonds. The van der Waals surface area contributed by atoms with E-state index < -0.39 is 5.97 Å². The Kier molecular flexibility index (Phi) is 4.31. The summed E-state index contributed by atoms with van der Waals surface area (Å²) in [7, 11) is 1.29. The zero-order chi connectivity index (χ0) is 13.8. The minimum Gasteiger partial charge on any atom is -0.464 e. The highest BCUT2D eigenvalue weighted by Gasteiger charge is 2.15. The Morgan fingerprint density at radius 3 is 2.89 bits per heavy atom. The van der Waals surface area contributed by atoms with E-state index in [1.807, 2.05) is 12.1 Å². The number of methoxy groups -OCH3 is 1. The summed E-state index contributed by atoms with van der Waals surface area (Å²) in [5.41, 5.74) is 0.873. The zero-order valence-electron chi connectivity index (χ0n) is 10.2. The Hall–Kier alpha value is -1.70. The van der Waals surface area contributed by atoms with Gasteiger partial charge in [0.05, 0.1) is 26.2 Å². The maximum atomic E-state index is 12.1. The van der Waals surface area contributed by atoms with E-state index in [4.69, 9.17) is 0 Å². The van der Waals surface area contributed by atoms with Crippen molar-refractivity contribution < 1.29 is 14.3 Å². The van der Waals surface area contributed by atoms with Crippen LogP contribution in [0.3, 0.4) is 0 Å². The molecule has 0 radical (unpaired) electrons. The Bertz CT molecular complexity index is 622. The monoisotopic (exact) mass is 370 g/mol. The van der Waals surface area contributed by atoms with Crippen molar-refractivity contribution in [3.63, 3.8) is 0 Å². The van der Waals surface area contributed by atoms with Crippen LogP contribution in [0.15, 0.2) is 36.8 Å². The molecular weight excluding hydrogens is 359 g/mol. The van der Waals surface area contributed by atoms with Gasteiger partial charge in [0.1, 0.15) is 5.69 Å². The van der Waals surface area contributed by atoms with E-state index in [9.17, 15) is 9.59 Å². The highest BCUT2D eigenvalue weighted by molar-refractivity contribution is 14.1. The molecule has 1 aromatic heterocycles. The van der Waals surface area contributed by atoms with E-state index in [0.717, 1.165) is 3.57 Å². The Balaban J connectivity index is 2.20. The molecule has 6 heteroatoms. The van der Waals surface area contributed by atoms with Crippen LogP contribution in [0.4, 0.5) is 0 Å². The number of ether oxygens (including phenoxy) is 1. The lowest BCUT2D eigenvalue weighted by Gasteiger charge is -2.06. The minimum absolute atomic E-state index is 0.0600. The molecule has 2 aromatic rings. The van der Waals surface area contributed by atoms with Crippen LogP contribution in [0.5, 0.6) is 0 Å². The molecule has 0 saturated heterocycles. The van der Waals surface area contributed by atoms with Gasteiger partial charge in [-0.2, -0.15) is 0 Å². The Morgan fingerprint density at radius 2 is 2.21 bits per heavy atom. The van der Waals surface area contributed by atoms with Crippen molar-refractivity contribution in [1.82, 2.24) is 9.55 Å². The number of hydrogen-bond acceptors (Lipinski definition) is 4. The minimum atomic E-state index is -0.507. The number of hydrogen-bond donors (Lipinski definition) is 0. The predicted octanol–water partition coefficient (Wildman–Crippen LogP) is 2.16. The van der Waals surface area contributed by atoms with Crippen LogP contribution in [-0.4, -0.2) is 28.4 Å². The summed E-state index contributed by atoms with van der Waals surface area (Å²) in [6, 6.07) is 7.29. The highest BCUT2D eigenvalue weighted by atomic mass is 127. The van der Waals surface area contributed by atoms with Crippen molar-refractivity contribution in [3.05, 3.63) is 51.6 Å². The third-order valence-corrected chi connectivity index (χ3v) is 3.24. The third kappa shape index (κ3) is 3.19. The normalized spacial score (nSPS) is 10.2. The van der Waals surface area contributed by atoms with E-state index in [1.54, 1.807) is 12.1 Å². The summed E-state index contributed by atoms with van der Waals surface area (Å²) in [5.74, 6) is -0.588. The molecule has 0 fully saturated rings. The third-order valence-electron chi connectivity index (χ3n) is 2.57. The molecule has 2 rings (SSSR count). The molecule has 0 atom stereocenters. The molecule has 1 aromatic carbocycles. The van der Waals surface area contributed by atoms with Gasteiger partial charge in [-0.1, -0.05) is 12.1 Å². The topological polar surface area (TPSA) is 61.2 Å². The number of aromatic nitrogens is 2. The van der Waals surface area contributed by atoms with Gasteiger partial charge in [0.2, 0.25) is 0 Å². The maximum Gasteiger partial charge on any atom is 0.356 e. The fourth-order valence-electron chi connectivity index (χ4n) is 1.63. The standard InChI is InChI=1S/C13H11IN2O3/c1-19-13(18)11-6-15-8-16(11)7-12(17)9-3-2-4-10(14)5-9/h2-6,8H,7H2,1H3. The van der Waals surface area contributed by atoms with Crippen molar-refractivity contribution in [3.8, 4) is 0 Å². The summed E-state index contributed by atoms with van der Waals surface area (Å²) in [5, 5.41) is 0. The largest absolute Gasteiger partial charge is 0.464 e. The van der Waals surface area contributed by atoms with E-state index in [0.29, 0.717) is 5.56 Å². The lowest BCUT2D eigenvalue weighted by molar-refractivity contribution is 0.0588. The molecule has 0 aliphatic heterocycles. The van der Waals surface area contributed by atoms with Crippen molar-refractivity contribution in [2.45, 2.75) is 6.54 Å². The maximum absolute atomic E-state index is 12.1. The van der Waals surface area contributed by atoms with Gasteiger partial charge in [0.15, 0.2) is 5.78 Å². The van der Waals surface area contributed by atoms with Crippen molar-refractivity contribution in [2.75, 3.05) is 7.11 Å². The van der Waals surface area contributed by atoms with Gasteiger partial charge in [0, 0.05) is 9.13 Å². The first-order valence-electron chi connectivity index (χ1n) is 5.49. The van der Waals surface area contributed by atoms with E-state index in [-0.39, 0.29) is 18.0 Å². The molecule has 0 unspecified atom stereocenters. The molecule has 0 spiro atoms. The van der Waals surface area contributed by atoms with Gasteiger partial charge in [-0.25, -0.2) is 9.78 Å². The number of carbonyl (C=O) groups is 2. The Morgan fingerprint density at radius 1 is 1.42 bits per heavy atom. The second kappa shape index (κ2) is 5.96. The smallest absolute Gasteiger partial charge is 0.356 e. The summed E-state index contributed by atoms with van der Waals surface area (Å²) >= 11 is 2.15. The average molecular weight is 370 g/mol. The second-order valence-electron chi connectivity index (χ2n) is 3.83. The van der Waals surface area contributed by atoms with Crippen molar-refractivity contribution in [1.29, 1.82) is 0 Å². The van der Waals surface area contributed by atoms with Crippen LogP contribution in [0.2, 0.25) is 0 Å². The van der Waals surface area contributed by atoms with Gasteiger partial charge in [-0.15, -0.1) is 0 Å². The Labute approximate surface area is 123 Å². The second-order valence-corrected chi connectivity index (χ2v) is 5.08. The van der Waals surface area contributed by atoms with E-state index in [1.165, 1.54) is 24.2 Å².